The van der Waals surface area contributed by atoms with Crippen LogP contribution in [0, 0.1) is 0 Å². The van der Waals surface area contributed by atoms with E-state index in [-0.39, 0.29) is 5.63 Å². The average molecular weight is 444 g/mol. The van der Waals surface area contributed by atoms with Crippen molar-refractivity contribution in [1.82, 2.24) is 10.2 Å². The highest BCUT2D eigenvalue weighted by Gasteiger charge is 2.27. The maximum absolute atomic E-state index is 12.1. The van der Waals surface area contributed by atoms with Crippen LogP contribution in [-0.4, -0.2) is 16.8 Å². The van der Waals surface area contributed by atoms with Crippen LogP contribution in [0.4, 0.5) is 0 Å². The number of para-hydroxylation sites is 2. The Bertz CT molecular complexity index is 1510. The van der Waals surface area contributed by atoms with Gasteiger partial charge in [0.2, 0.25) is 6.10 Å². The normalized spacial score (nSPS) is 15.3. The molecule has 0 radical (unpaired) electrons. The number of hydrogen-bond donors (Lipinski definition) is 0. The lowest BCUT2D eigenvalue weighted by molar-refractivity contribution is 0.0686. The molecule has 8 heteroatoms. The molecule has 0 saturated carbocycles. The summed E-state index contributed by atoms with van der Waals surface area (Å²) in [5, 5.41) is 11.7. The molecule has 7 nitrogen and oxygen atoms in total. The van der Waals surface area contributed by atoms with E-state index in [0.29, 0.717) is 40.6 Å². The fraction of sp³-hybridized carbons (Fsp3) is 0.125. The van der Waals surface area contributed by atoms with Crippen molar-refractivity contribution in [2.75, 3.05) is 6.61 Å². The molecule has 1 aliphatic heterocycles. The molecule has 0 amide bonds. The van der Waals surface area contributed by atoms with Gasteiger partial charge in [0, 0.05) is 17.2 Å². The second kappa shape index (κ2) is 7.72. The zero-order chi connectivity index (χ0) is 21.5. The molecule has 0 unspecified atom stereocenters. The van der Waals surface area contributed by atoms with Crippen molar-refractivity contribution in [2.24, 2.45) is 0 Å². The molecule has 0 spiro atoms. The van der Waals surface area contributed by atoms with Gasteiger partial charge < -0.3 is 18.3 Å². The summed E-state index contributed by atoms with van der Waals surface area (Å²) in [7, 11) is 0. The quantitative estimate of drug-likeness (QED) is 0.214. The number of benzene rings is 3. The highest BCUT2D eigenvalue weighted by atomic mass is 32.2. The van der Waals surface area contributed by atoms with E-state index in [2.05, 4.69) is 10.2 Å². The van der Waals surface area contributed by atoms with Crippen LogP contribution in [-0.2, 0) is 5.75 Å². The van der Waals surface area contributed by atoms with Crippen molar-refractivity contribution in [3.05, 3.63) is 88.6 Å². The largest absolute Gasteiger partial charge is 0.485 e. The fourth-order valence-electron chi connectivity index (χ4n) is 3.82. The first kappa shape index (κ1) is 18.9. The lowest BCUT2D eigenvalue weighted by Crippen LogP contribution is -2.21. The number of rotatable bonds is 4. The molecule has 2 aromatic heterocycles. The van der Waals surface area contributed by atoms with Gasteiger partial charge in [-0.05, 0) is 34.5 Å². The molecule has 1 aliphatic rings. The van der Waals surface area contributed by atoms with E-state index in [1.54, 1.807) is 0 Å². The Morgan fingerprint density at radius 1 is 0.938 bits per heavy atom. The van der Waals surface area contributed by atoms with E-state index < -0.39 is 6.10 Å². The molecular weight excluding hydrogens is 428 g/mol. The minimum Gasteiger partial charge on any atom is -0.485 e. The number of thioether (sulfide) groups is 1. The van der Waals surface area contributed by atoms with E-state index in [4.69, 9.17) is 18.3 Å². The Balaban J connectivity index is 1.27. The predicted octanol–water partition coefficient (Wildman–Crippen LogP) is 5.13. The summed E-state index contributed by atoms with van der Waals surface area (Å²) < 4.78 is 22.9. The Morgan fingerprint density at radius 2 is 1.78 bits per heavy atom. The number of hydrogen-bond acceptors (Lipinski definition) is 8. The molecule has 3 heterocycles. The van der Waals surface area contributed by atoms with Crippen molar-refractivity contribution in [1.29, 1.82) is 0 Å². The fourth-order valence-corrected chi connectivity index (χ4v) is 4.57. The maximum Gasteiger partial charge on any atom is 0.336 e. The molecule has 0 aliphatic carbocycles. The van der Waals surface area contributed by atoms with Crippen LogP contribution in [0.2, 0.25) is 0 Å². The van der Waals surface area contributed by atoms with Crippen LogP contribution in [0.25, 0.3) is 21.7 Å². The van der Waals surface area contributed by atoms with Gasteiger partial charge in [0.1, 0.15) is 12.2 Å². The molecule has 0 saturated heterocycles. The summed E-state index contributed by atoms with van der Waals surface area (Å²) in [6, 6.07) is 20.8. The molecular formula is C24H16N2O5S. The topological polar surface area (TPSA) is 87.6 Å². The second-order valence-corrected chi connectivity index (χ2v) is 8.24. The van der Waals surface area contributed by atoms with Crippen LogP contribution >= 0.6 is 11.8 Å². The highest BCUT2D eigenvalue weighted by molar-refractivity contribution is 7.98. The van der Waals surface area contributed by atoms with E-state index in [1.807, 2.05) is 60.7 Å². The minimum atomic E-state index is -0.472. The monoisotopic (exact) mass is 444 g/mol. The third kappa shape index (κ3) is 3.38. The Kier molecular flexibility index (Phi) is 4.57. The average Bonchev–Trinajstić information content (AvgIpc) is 3.31. The van der Waals surface area contributed by atoms with E-state index in [9.17, 15) is 4.79 Å². The van der Waals surface area contributed by atoms with Crippen LogP contribution in [0.3, 0.4) is 0 Å². The summed E-state index contributed by atoms with van der Waals surface area (Å²) >= 11 is 1.36. The maximum atomic E-state index is 12.1. The molecule has 32 heavy (non-hydrogen) atoms. The van der Waals surface area contributed by atoms with Gasteiger partial charge in [-0.1, -0.05) is 54.2 Å². The van der Waals surface area contributed by atoms with E-state index in [1.165, 1.54) is 17.8 Å². The smallest absolute Gasteiger partial charge is 0.336 e. The first-order valence-electron chi connectivity index (χ1n) is 10.0. The molecule has 158 valence electrons. The Hall–Kier alpha value is -3.78. The van der Waals surface area contributed by atoms with Gasteiger partial charge in [-0.2, -0.15) is 0 Å². The second-order valence-electron chi connectivity index (χ2n) is 7.31. The zero-order valence-corrected chi connectivity index (χ0v) is 17.5. The van der Waals surface area contributed by atoms with Crippen molar-refractivity contribution in [3.8, 4) is 11.5 Å². The molecule has 0 bridgehead atoms. The van der Waals surface area contributed by atoms with Crippen molar-refractivity contribution in [2.45, 2.75) is 17.1 Å². The molecule has 3 aromatic carbocycles. The number of nitrogens with zero attached hydrogens (tertiary/aromatic N) is 2. The summed E-state index contributed by atoms with van der Waals surface area (Å²) in [6.07, 6.45) is -0.472. The molecule has 1 atom stereocenters. The van der Waals surface area contributed by atoms with E-state index >= 15 is 0 Å². The lowest BCUT2D eigenvalue weighted by atomic mass is 10.0. The molecule has 6 rings (SSSR count). The first-order valence-corrected chi connectivity index (χ1v) is 11.0. The summed E-state index contributed by atoms with van der Waals surface area (Å²) in [5.74, 6) is 2.16. The van der Waals surface area contributed by atoms with Crippen LogP contribution in [0.5, 0.6) is 11.5 Å². The van der Waals surface area contributed by atoms with Gasteiger partial charge in [0.05, 0.1) is 0 Å². The highest BCUT2D eigenvalue weighted by Crippen LogP contribution is 2.36. The lowest BCUT2D eigenvalue weighted by Gasteiger charge is -2.23. The first-order chi connectivity index (χ1) is 15.7. The molecule has 0 fully saturated rings. The van der Waals surface area contributed by atoms with Crippen molar-refractivity contribution >= 4 is 33.5 Å². The third-order valence-electron chi connectivity index (χ3n) is 5.27. The van der Waals surface area contributed by atoms with Gasteiger partial charge in [0.15, 0.2) is 11.5 Å². The summed E-state index contributed by atoms with van der Waals surface area (Å²) in [4.78, 5) is 12.1. The van der Waals surface area contributed by atoms with Gasteiger partial charge in [-0.3, -0.25) is 0 Å². The van der Waals surface area contributed by atoms with Gasteiger partial charge in [-0.25, -0.2) is 4.79 Å². The van der Waals surface area contributed by atoms with E-state index in [0.717, 1.165) is 21.7 Å². The number of fused-ring (bicyclic) bond motifs is 4. The number of ether oxygens (including phenoxy) is 2. The van der Waals surface area contributed by atoms with Gasteiger partial charge >= 0.3 is 5.63 Å². The summed E-state index contributed by atoms with van der Waals surface area (Å²) in [5.41, 5.74) is 1.02. The zero-order valence-electron chi connectivity index (χ0n) is 16.7. The predicted molar refractivity (Wildman–Crippen MR) is 119 cm³/mol. The van der Waals surface area contributed by atoms with Gasteiger partial charge in [-0.15, -0.1) is 10.2 Å². The summed E-state index contributed by atoms with van der Waals surface area (Å²) in [6.45, 7) is 0.291. The van der Waals surface area contributed by atoms with Crippen molar-refractivity contribution in [3.63, 3.8) is 0 Å². The number of aromatic nitrogens is 2. The SMILES string of the molecule is O=c1cc(CSc2nnc([C@H]3COc4ccccc4O3)o2)c2c(ccc3ccccc32)o1. The third-order valence-corrected chi connectivity index (χ3v) is 6.14. The minimum absolute atomic E-state index is 0.291. The molecule has 0 N–H and O–H groups in total. The van der Waals surface area contributed by atoms with Crippen LogP contribution in [0.15, 0.2) is 85.6 Å². The standard InChI is InChI=1S/C24H16N2O5S/c27-21-11-15(22-16-6-2-1-5-14(16)9-10-19(22)30-21)13-32-24-26-25-23(31-24)20-12-28-17-7-3-4-8-18(17)29-20/h1-11,20H,12-13H2/t20-/m1/s1. The Morgan fingerprint density at radius 3 is 2.72 bits per heavy atom. The molecule has 5 aromatic rings. The van der Waals surface area contributed by atoms with Crippen LogP contribution in [0.1, 0.15) is 17.6 Å². The van der Waals surface area contributed by atoms with Crippen molar-refractivity contribution < 1.29 is 18.3 Å². The van der Waals surface area contributed by atoms with Gasteiger partial charge in [0.25, 0.3) is 11.1 Å². The Labute approximate surface area is 186 Å². The van der Waals surface area contributed by atoms with Crippen LogP contribution < -0.4 is 15.1 Å².